The molecule has 1 aliphatic heterocycles. The molecule has 1 N–H and O–H groups in total. The van der Waals surface area contributed by atoms with Gasteiger partial charge in [-0.2, -0.15) is 4.31 Å². The lowest BCUT2D eigenvalue weighted by Gasteiger charge is -2.26. The smallest absolute Gasteiger partial charge is 0.338 e. The topological polar surface area (TPSA) is 102 Å². The molecule has 3 rings (SSSR count). The number of esters is 1. The van der Waals surface area contributed by atoms with E-state index in [4.69, 9.17) is 9.47 Å². The Kier molecular flexibility index (Phi) is 7.29. The summed E-state index contributed by atoms with van der Waals surface area (Å²) in [5.41, 5.74) is 1.22. The van der Waals surface area contributed by atoms with Crippen molar-refractivity contribution >= 4 is 27.6 Å². The van der Waals surface area contributed by atoms with Gasteiger partial charge < -0.3 is 14.8 Å². The highest BCUT2D eigenvalue weighted by atomic mass is 32.2. The van der Waals surface area contributed by atoms with Gasteiger partial charge in [0.25, 0.3) is 5.91 Å². The van der Waals surface area contributed by atoms with Crippen LogP contribution in [-0.4, -0.2) is 51.4 Å². The highest BCUT2D eigenvalue weighted by molar-refractivity contribution is 7.89. The molecule has 1 heterocycles. The van der Waals surface area contributed by atoms with E-state index in [9.17, 15) is 18.0 Å². The first-order valence-electron chi connectivity index (χ1n) is 10.0. The van der Waals surface area contributed by atoms with Crippen LogP contribution in [0.15, 0.2) is 47.4 Å². The quantitative estimate of drug-likeness (QED) is 0.656. The summed E-state index contributed by atoms with van der Waals surface area (Å²) < 4.78 is 37.6. The number of methoxy groups -OCH3 is 1. The molecule has 1 amide bonds. The van der Waals surface area contributed by atoms with Crippen LogP contribution in [0.4, 0.5) is 5.69 Å². The van der Waals surface area contributed by atoms with Gasteiger partial charge in [-0.1, -0.05) is 12.5 Å². The molecule has 31 heavy (non-hydrogen) atoms. The van der Waals surface area contributed by atoms with E-state index in [-0.39, 0.29) is 4.90 Å². The third kappa shape index (κ3) is 5.62. The molecule has 0 atom stereocenters. The van der Waals surface area contributed by atoms with Crippen molar-refractivity contribution in [3.05, 3.63) is 53.6 Å². The van der Waals surface area contributed by atoms with E-state index in [0.717, 1.165) is 19.3 Å². The van der Waals surface area contributed by atoms with Crippen molar-refractivity contribution in [2.75, 3.05) is 32.1 Å². The number of piperidine rings is 1. The lowest BCUT2D eigenvalue weighted by atomic mass is 10.2. The summed E-state index contributed by atoms with van der Waals surface area (Å²) in [5.74, 6) is -0.605. The monoisotopic (exact) mass is 446 g/mol. The molecule has 0 unspecified atom stereocenters. The van der Waals surface area contributed by atoms with Gasteiger partial charge in [0.05, 0.1) is 17.6 Å². The number of sulfonamides is 1. The van der Waals surface area contributed by atoms with Gasteiger partial charge in [-0.15, -0.1) is 0 Å². The lowest BCUT2D eigenvalue weighted by molar-refractivity contribution is -0.119. The molecule has 2 aromatic carbocycles. The van der Waals surface area contributed by atoms with Gasteiger partial charge in [0, 0.05) is 18.8 Å². The van der Waals surface area contributed by atoms with Crippen LogP contribution >= 0.6 is 0 Å². The van der Waals surface area contributed by atoms with E-state index in [2.05, 4.69) is 5.32 Å². The van der Waals surface area contributed by atoms with Gasteiger partial charge in [0.15, 0.2) is 6.61 Å². The Balaban J connectivity index is 1.63. The van der Waals surface area contributed by atoms with Crippen LogP contribution < -0.4 is 10.1 Å². The van der Waals surface area contributed by atoms with E-state index >= 15 is 0 Å². The van der Waals surface area contributed by atoms with Crippen LogP contribution in [0.1, 0.15) is 35.2 Å². The number of hydrogen-bond donors (Lipinski definition) is 1. The molecule has 0 radical (unpaired) electrons. The van der Waals surface area contributed by atoms with Crippen LogP contribution in [-0.2, 0) is 19.6 Å². The Morgan fingerprint density at radius 1 is 1.03 bits per heavy atom. The third-order valence-corrected chi connectivity index (χ3v) is 7.11. The maximum Gasteiger partial charge on any atom is 0.338 e. The number of aryl methyl sites for hydroxylation is 1. The number of anilines is 1. The predicted octanol–water partition coefficient (Wildman–Crippen LogP) is 2.97. The lowest BCUT2D eigenvalue weighted by Crippen LogP contribution is -2.36. The van der Waals surface area contributed by atoms with Gasteiger partial charge >= 0.3 is 5.97 Å². The molecule has 166 valence electrons. The zero-order valence-electron chi connectivity index (χ0n) is 17.6. The Labute approximate surface area is 182 Å². The molecular formula is C22H26N2O6S. The Bertz CT molecular complexity index is 1040. The van der Waals surface area contributed by atoms with Crippen LogP contribution in [0.25, 0.3) is 0 Å². The summed E-state index contributed by atoms with van der Waals surface area (Å²) >= 11 is 0. The predicted molar refractivity (Wildman–Crippen MR) is 116 cm³/mol. The summed E-state index contributed by atoms with van der Waals surface area (Å²) in [6.45, 7) is 2.23. The van der Waals surface area contributed by atoms with E-state index in [1.807, 2.05) is 0 Å². The van der Waals surface area contributed by atoms with Crippen LogP contribution in [0.2, 0.25) is 0 Å². The number of amides is 1. The first kappa shape index (κ1) is 22.8. The van der Waals surface area contributed by atoms with Crippen molar-refractivity contribution in [1.29, 1.82) is 0 Å². The Morgan fingerprint density at radius 3 is 2.35 bits per heavy atom. The number of hydrogen-bond acceptors (Lipinski definition) is 6. The summed E-state index contributed by atoms with van der Waals surface area (Å²) in [5, 5.41) is 2.59. The van der Waals surface area contributed by atoms with Crippen molar-refractivity contribution in [3.8, 4) is 5.75 Å². The molecule has 1 aliphatic rings. The van der Waals surface area contributed by atoms with Gasteiger partial charge in [0.1, 0.15) is 5.75 Å². The number of carbonyl (C=O) groups is 2. The van der Waals surface area contributed by atoms with E-state index in [0.29, 0.717) is 35.7 Å². The van der Waals surface area contributed by atoms with Crippen molar-refractivity contribution < 1.29 is 27.5 Å². The minimum absolute atomic E-state index is 0.169. The Hall–Kier alpha value is -2.91. The highest BCUT2D eigenvalue weighted by Gasteiger charge is 2.27. The fourth-order valence-electron chi connectivity index (χ4n) is 3.34. The molecule has 9 heteroatoms. The molecule has 8 nitrogen and oxygen atoms in total. The molecule has 0 bridgehead atoms. The van der Waals surface area contributed by atoms with E-state index in [1.165, 1.54) is 29.6 Å². The van der Waals surface area contributed by atoms with Crippen LogP contribution in [0.3, 0.4) is 0 Å². The number of rotatable bonds is 7. The number of nitrogens with one attached hydrogen (secondary N) is 1. The fraction of sp³-hybridized carbons (Fsp3) is 0.364. The van der Waals surface area contributed by atoms with Crippen LogP contribution in [0.5, 0.6) is 5.75 Å². The average Bonchev–Trinajstić information content (AvgIpc) is 2.79. The number of carbonyl (C=O) groups excluding carboxylic acids is 2. The zero-order valence-corrected chi connectivity index (χ0v) is 18.4. The molecule has 1 fully saturated rings. The minimum Gasteiger partial charge on any atom is -0.497 e. The summed E-state index contributed by atoms with van der Waals surface area (Å²) in [6, 6.07) is 11.0. The standard InChI is InChI=1S/C22H26N2O6S/c1-16-6-9-18(14-20(16)31(27,28)24-12-4-3-5-13-24)23-21(25)15-30-22(26)17-7-10-19(29-2)11-8-17/h6-11,14H,3-5,12-13,15H2,1-2H3,(H,23,25). The minimum atomic E-state index is -3.63. The van der Waals surface area contributed by atoms with Gasteiger partial charge in [0.2, 0.25) is 10.0 Å². The molecule has 0 aromatic heterocycles. The van der Waals surface area contributed by atoms with Gasteiger partial charge in [-0.3, -0.25) is 4.79 Å². The SMILES string of the molecule is COc1ccc(C(=O)OCC(=O)Nc2ccc(C)c(S(=O)(=O)N3CCCCC3)c2)cc1. The van der Waals surface area contributed by atoms with Crippen molar-refractivity contribution in [3.63, 3.8) is 0 Å². The van der Waals surface area contributed by atoms with Gasteiger partial charge in [-0.05, 0) is 61.7 Å². The maximum absolute atomic E-state index is 13.0. The van der Waals surface area contributed by atoms with Gasteiger partial charge in [-0.25, -0.2) is 13.2 Å². The molecule has 0 spiro atoms. The maximum atomic E-state index is 13.0. The largest absolute Gasteiger partial charge is 0.497 e. The normalized spacial score (nSPS) is 14.6. The second-order valence-corrected chi connectivity index (χ2v) is 9.20. The summed E-state index contributed by atoms with van der Waals surface area (Å²) in [7, 11) is -2.11. The molecule has 0 saturated carbocycles. The summed E-state index contributed by atoms with van der Waals surface area (Å²) in [6.07, 6.45) is 2.71. The zero-order chi connectivity index (χ0) is 22.4. The number of ether oxygens (including phenoxy) is 2. The molecule has 0 aliphatic carbocycles. The third-order valence-electron chi connectivity index (χ3n) is 5.06. The number of nitrogens with zero attached hydrogens (tertiary/aromatic N) is 1. The average molecular weight is 447 g/mol. The molecule has 1 saturated heterocycles. The first-order chi connectivity index (χ1) is 14.8. The highest BCUT2D eigenvalue weighted by Crippen LogP contribution is 2.26. The summed E-state index contributed by atoms with van der Waals surface area (Å²) in [4.78, 5) is 24.5. The van der Waals surface area contributed by atoms with E-state index in [1.54, 1.807) is 31.2 Å². The van der Waals surface area contributed by atoms with Crippen molar-refractivity contribution in [2.45, 2.75) is 31.1 Å². The molecule has 2 aromatic rings. The fourth-order valence-corrected chi connectivity index (χ4v) is 5.11. The van der Waals surface area contributed by atoms with Crippen molar-refractivity contribution in [2.24, 2.45) is 0 Å². The second kappa shape index (κ2) is 9.93. The molecular weight excluding hydrogens is 420 g/mol. The Morgan fingerprint density at radius 2 is 1.71 bits per heavy atom. The van der Waals surface area contributed by atoms with Crippen molar-refractivity contribution in [1.82, 2.24) is 4.31 Å². The second-order valence-electron chi connectivity index (χ2n) is 7.30. The van der Waals surface area contributed by atoms with Crippen LogP contribution in [0, 0.1) is 6.92 Å². The van der Waals surface area contributed by atoms with E-state index < -0.39 is 28.5 Å². The number of benzene rings is 2. The first-order valence-corrected chi connectivity index (χ1v) is 11.5.